The van der Waals surface area contributed by atoms with Crippen molar-refractivity contribution >= 4 is 5.97 Å². The predicted octanol–water partition coefficient (Wildman–Crippen LogP) is 0.285. The van der Waals surface area contributed by atoms with Gasteiger partial charge in [-0.2, -0.15) is 0 Å². The van der Waals surface area contributed by atoms with Gasteiger partial charge in [0.2, 0.25) is 0 Å². The molecule has 3 aliphatic heterocycles. The molecule has 4 heteroatoms. The van der Waals surface area contributed by atoms with E-state index in [0.717, 1.165) is 26.2 Å². The Labute approximate surface area is 84.8 Å². The van der Waals surface area contributed by atoms with Gasteiger partial charge in [0.25, 0.3) is 0 Å². The van der Waals surface area contributed by atoms with Crippen LogP contribution in [-0.4, -0.2) is 54.2 Å². The van der Waals surface area contributed by atoms with Gasteiger partial charge >= 0.3 is 5.97 Å². The highest BCUT2D eigenvalue weighted by atomic mass is 16.6. The van der Waals surface area contributed by atoms with Gasteiger partial charge in [-0.15, -0.1) is 0 Å². The van der Waals surface area contributed by atoms with Crippen LogP contribution in [0.2, 0.25) is 0 Å². The third kappa shape index (κ3) is 1.77. The molecule has 0 aliphatic carbocycles. The largest absolute Gasteiger partial charge is 0.445 e. The number of hydrogen-bond acceptors (Lipinski definition) is 4. The number of ether oxygens (including phenoxy) is 1. The lowest BCUT2D eigenvalue weighted by Gasteiger charge is -2.50. The normalized spacial score (nSPS) is 41.0. The zero-order chi connectivity index (χ0) is 10.1. The van der Waals surface area contributed by atoms with Gasteiger partial charge in [0.1, 0.15) is 0 Å². The van der Waals surface area contributed by atoms with E-state index >= 15 is 0 Å². The van der Waals surface area contributed by atoms with Crippen molar-refractivity contribution in [3.8, 4) is 0 Å². The van der Waals surface area contributed by atoms with Gasteiger partial charge in [-0.1, -0.05) is 6.92 Å². The molecule has 3 heterocycles. The fourth-order valence-electron chi connectivity index (χ4n) is 2.31. The smallest absolute Gasteiger partial charge is 0.307 e. The first-order valence-corrected chi connectivity index (χ1v) is 5.38. The van der Waals surface area contributed by atoms with Crippen molar-refractivity contribution in [3.63, 3.8) is 0 Å². The third-order valence-corrected chi connectivity index (χ3v) is 3.10. The summed E-state index contributed by atoms with van der Waals surface area (Å²) >= 11 is 0. The molecule has 0 radical (unpaired) electrons. The van der Waals surface area contributed by atoms with Gasteiger partial charge in [-0.3, -0.25) is 14.6 Å². The Bertz CT molecular complexity index is 232. The van der Waals surface area contributed by atoms with E-state index in [2.05, 4.69) is 16.7 Å². The molecular formula is C10H18N2O2. The summed E-state index contributed by atoms with van der Waals surface area (Å²) in [6.45, 7) is 8.17. The Morgan fingerprint density at radius 3 is 2.79 bits per heavy atom. The van der Waals surface area contributed by atoms with Crippen molar-refractivity contribution in [2.45, 2.75) is 32.5 Å². The third-order valence-electron chi connectivity index (χ3n) is 3.10. The van der Waals surface area contributed by atoms with Crippen LogP contribution in [-0.2, 0) is 9.53 Å². The van der Waals surface area contributed by atoms with E-state index in [1.54, 1.807) is 0 Å². The number of fused-ring (bicyclic) bond motifs is 3. The molecule has 0 aromatic carbocycles. The average Bonchev–Trinajstić information content (AvgIpc) is 2.18. The van der Waals surface area contributed by atoms with Crippen LogP contribution < -0.4 is 0 Å². The highest BCUT2D eigenvalue weighted by Crippen LogP contribution is 2.21. The average molecular weight is 198 g/mol. The molecule has 0 saturated carbocycles. The van der Waals surface area contributed by atoms with E-state index in [4.69, 9.17) is 4.74 Å². The minimum atomic E-state index is -0.0871. The zero-order valence-corrected chi connectivity index (χ0v) is 8.90. The van der Waals surface area contributed by atoms with Crippen LogP contribution >= 0.6 is 0 Å². The van der Waals surface area contributed by atoms with Crippen LogP contribution in [0.4, 0.5) is 0 Å². The number of carbonyl (C=O) groups excluding carboxylic acids is 1. The minimum Gasteiger partial charge on any atom is -0.445 e. The first kappa shape index (κ1) is 9.93. The second-order valence-electron chi connectivity index (χ2n) is 4.14. The van der Waals surface area contributed by atoms with Crippen LogP contribution in [0, 0.1) is 0 Å². The Balaban J connectivity index is 1.96. The summed E-state index contributed by atoms with van der Waals surface area (Å²) in [7, 11) is 0. The Morgan fingerprint density at radius 1 is 1.43 bits per heavy atom. The van der Waals surface area contributed by atoms with Gasteiger partial charge in [-0.25, -0.2) is 0 Å². The summed E-state index contributed by atoms with van der Waals surface area (Å²) in [5.41, 5.74) is 0. The summed E-state index contributed by atoms with van der Waals surface area (Å²) in [6.07, 6.45) is 0.471. The standard InChI is InChI=1S/C10H18N2O2/c1-3-10(13)14-9-7-11-4-5-12(9)8(2)6-11/h8-9H,3-7H2,1-2H3. The SMILES string of the molecule is CCC(=O)OC1CN2CCN1C(C)C2. The molecule has 3 rings (SSSR count). The van der Waals surface area contributed by atoms with Crippen LogP contribution in [0.5, 0.6) is 0 Å². The first-order valence-electron chi connectivity index (χ1n) is 5.38. The van der Waals surface area contributed by atoms with Crippen molar-refractivity contribution in [2.24, 2.45) is 0 Å². The molecule has 80 valence electrons. The molecule has 4 atom stereocenters. The minimum absolute atomic E-state index is 0.0000463. The molecule has 3 aliphatic rings. The highest BCUT2D eigenvalue weighted by Gasteiger charge is 2.38. The van der Waals surface area contributed by atoms with Crippen LogP contribution in [0.25, 0.3) is 0 Å². The topological polar surface area (TPSA) is 32.8 Å². The maximum atomic E-state index is 11.2. The molecule has 4 nitrogen and oxygen atoms in total. The van der Waals surface area contributed by atoms with Crippen molar-refractivity contribution < 1.29 is 9.53 Å². The Kier molecular flexibility index (Phi) is 2.74. The van der Waals surface area contributed by atoms with E-state index in [9.17, 15) is 4.79 Å². The molecule has 0 spiro atoms. The van der Waals surface area contributed by atoms with Gasteiger partial charge in [0.15, 0.2) is 6.23 Å². The Morgan fingerprint density at radius 2 is 2.21 bits per heavy atom. The first-order chi connectivity index (χ1) is 6.70. The van der Waals surface area contributed by atoms with E-state index < -0.39 is 0 Å². The molecule has 2 bridgehead atoms. The molecular weight excluding hydrogens is 180 g/mol. The second kappa shape index (κ2) is 3.87. The second-order valence-corrected chi connectivity index (χ2v) is 4.14. The maximum Gasteiger partial charge on any atom is 0.307 e. The number of piperazine rings is 3. The number of rotatable bonds is 2. The lowest BCUT2D eigenvalue weighted by Crippen LogP contribution is -2.65. The molecule has 3 fully saturated rings. The maximum absolute atomic E-state index is 11.2. The summed E-state index contributed by atoms with van der Waals surface area (Å²) in [4.78, 5) is 15.9. The summed E-state index contributed by atoms with van der Waals surface area (Å²) in [5.74, 6) is -0.0871. The fourth-order valence-corrected chi connectivity index (χ4v) is 2.31. The highest BCUT2D eigenvalue weighted by molar-refractivity contribution is 5.69. The zero-order valence-electron chi connectivity index (χ0n) is 8.90. The molecule has 0 aromatic rings. The van der Waals surface area contributed by atoms with Crippen LogP contribution in [0.3, 0.4) is 0 Å². The van der Waals surface area contributed by atoms with Gasteiger partial charge < -0.3 is 4.74 Å². The molecule has 14 heavy (non-hydrogen) atoms. The molecule has 0 N–H and O–H groups in total. The van der Waals surface area contributed by atoms with Crippen molar-refractivity contribution in [2.75, 3.05) is 26.2 Å². The van der Waals surface area contributed by atoms with Gasteiger partial charge in [0.05, 0.1) is 0 Å². The van der Waals surface area contributed by atoms with E-state index in [-0.39, 0.29) is 12.2 Å². The monoisotopic (exact) mass is 198 g/mol. The Hall–Kier alpha value is -0.610. The fraction of sp³-hybridized carbons (Fsp3) is 0.900. The summed E-state index contributed by atoms with van der Waals surface area (Å²) in [5, 5.41) is 0. The van der Waals surface area contributed by atoms with E-state index in [1.807, 2.05) is 6.92 Å². The molecule has 3 saturated heterocycles. The molecule has 0 aromatic heterocycles. The van der Waals surface area contributed by atoms with Gasteiger partial charge in [-0.05, 0) is 6.92 Å². The summed E-state index contributed by atoms with van der Waals surface area (Å²) in [6, 6.07) is 0.521. The number of hydrogen-bond donors (Lipinski definition) is 0. The van der Waals surface area contributed by atoms with Crippen LogP contribution in [0.1, 0.15) is 20.3 Å². The van der Waals surface area contributed by atoms with Crippen molar-refractivity contribution in [1.29, 1.82) is 0 Å². The summed E-state index contributed by atoms with van der Waals surface area (Å²) < 4.78 is 5.39. The number of esters is 1. The van der Waals surface area contributed by atoms with E-state index in [0.29, 0.717) is 12.5 Å². The van der Waals surface area contributed by atoms with E-state index in [1.165, 1.54) is 0 Å². The number of carbonyl (C=O) groups is 1. The van der Waals surface area contributed by atoms with Crippen molar-refractivity contribution in [3.05, 3.63) is 0 Å². The molecule has 4 unspecified atom stereocenters. The lowest BCUT2D eigenvalue weighted by molar-refractivity contribution is -0.179. The molecule has 0 amide bonds. The lowest BCUT2D eigenvalue weighted by atomic mass is 10.1. The quantitative estimate of drug-likeness (QED) is 0.597. The van der Waals surface area contributed by atoms with Gasteiger partial charge in [0, 0.05) is 38.6 Å². The number of nitrogens with zero attached hydrogens (tertiary/aromatic N) is 2. The van der Waals surface area contributed by atoms with Crippen molar-refractivity contribution in [1.82, 2.24) is 9.80 Å². The predicted molar refractivity (Wildman–Crippen MR) is 52.8 cm³/mol. The van der Waals surface area contributed by atoms with Crippen LogP contribution in [0.15, 0.2) is 0 Å².